The molecule has 2 heteroatoms. The molecule has 1 heterocycles. The second-order valence-electron chi connectivity index (χ2n) is 6.30. The lowest BCUT2D eigenvalue weighted by atomic mass is 9.82. The van der Waals surface area contributed by atoms with E-state index in [9.17, 15) is 0 Å². The van der Waals surface area contributed by atoms with Gasteiger partial charge in [0, 0.05) is 13.1 Å². The van der Waals surface area contributed by atoms with Crippen LogP contribution in [0.15, 0.2) is 0 Å². The maximum atomic E-state index is 2.75. The third-order valence-electron chi connectivity index (χ3n) is 5.15. The number of rotatable bonds is 7. The molecule has 0 aromatic carbocycles. The Bertz CT molecular complexity index is 211. The van der Waals surface area contributed by atoms with E-state index in [1.54, 1.807) is 0 Å². The Balaban J connectivity index is 1.57. The van der Waals surface area contributed by atoms with E-state index in [0.29, 0.717) is 0 Å². The van der Waals surface area contributed by atoms with Gasteiger partial charge in [0.15, 0.2) is 0 Å². The van der Waals surface area contributed by atoms with Crippen LogP contribution >= 0.6 is 0 Å². The van der Waals surface area contributed by atoms with Crippen molar-refractivity contribution in [2.75, 3.05) is 39.3 Å². The monoisotopic (exact) mass is 252 g/mol. The predicted octanol–water partition coefficient (Wildman–Crippen LogP) is 3.23. The van der Waals surface area contributed by atoms with Crippen molar-refractivity contribution in [3.63, 3.8) is 0 Å². The van der Waals surface area contributed by atoms with Crippen LogP contribution in [0.1, 0.15) is 52.4 Å². The number of nitrogens with zero attached hydrogens (tertiary/aromatic N) is 2. The number of unbranched alkanes of at least 4 members (excludes halogenated alkanes) is 1. The fourth-order valence-electron chi connectivity index (χ4n) is 3.90. The largest absolute Gasteiger partial charge is 0.304 e. The Hall–Kier alpha value is -0.0800. The van der Waals surface area contributed by atoms with Crippen LogP contribution in [0.2, 0.25) is 0 Å². The molecular weight excluding hydrogens is 220 g/mol. The molecule has 0 bridgehead atoms. The molecule has 0 N–H and O–H groups in total. The molecule has 1 aliphatic heterocycles. The Labute approximate surface area is 114 Å². The van der Waals surface area contributed by atoms with Gasteiger partial charge in [0.25, 0.3) is 0 Å². The first-order valence-electron chi connectivity index (χ1n) is 8.28. The third kappa shape index (κ3) is 3.96. The molecule has 106 valence electrons. The second-order valence-corrected chi connectivity index (χ2v) is 6.30. The summed E-state index contributed by atoms with van der Waals surface area (Å²) in [5.41, 5.74) is 0. The van der Waals surface area contributed by atoms with Gasteiger partial charge < -0.3 is 9.80 Å². The van der Waals surface area contributed by atoms with Gasteiger partial charge in [-0.25, -0.2) is 0 Å². The van der Waals surface area contributed by atoms with Crippen LogP contribution in [0.25, 0.3) is 0 Å². The summed E-state index contributed by atoms with van der Waals surface area (Å²) in [5.74, 6) is 2.11. The molecule has 2 unspecified atom stereocenters. The molecule has 0 aromatic rings. The van der Waals surface area contributed by atoms with E-state index < -0.39 is 0 Å². The minimum atomic E-state index is 1.06. The first kappa shape index (κ1) is 14.3. The highest BCUT2D eigenvalue weighted by molar-refractivity contribution is 4.86. The number of likely N-dealkylation sites (tertiary alicyclic amines) is 1. The zero-order valence-corrected chi connectivity index (χ0v) is 12.5. The smallest absolute Gasteiger partial charge is 0.00129 e. The lowest BCUT2D eigenvalue weighted by molar-refractivity contribution is 0.272. The van der Waals surface area contributed by atoms with Crippen molar-refractivity contribution in [2.45, 2.75) is 52.4 Å². The van der Waals surface area contributed by atoms with Crippen LogP contribution in [0.5, 0.6) is 0 Å². The van der Waals surface area contributed by atoms with Crippen LogP contribution in [0.4, 0.5) is 0 Å². The molecule has 1 aliphatic carbocycles. The van der Waals surface area contributed by atoms with Crippen molar-refractivity contribution in [2.24, 2.45) is 11.8 Å². The van der Waals surface area contributed by atoms with Gasteiger partial charge in [0.1, 0.15) is 0 Å². The molecule has 0 amide bonds. The first-order valence-corrected chi connectivity index (χ1v) is 8.28. The van der Waals surface area contributed by atoms with E-state index >= 15 is 0 Å². The lowest BCUT2D eigenvalue weighted by Crippen LogP contribution is -2.26. The Morgan fingerprint density at radius 3 is 2.11 bits per heavy atom. The quantitative estimate of drug-likeness (QED) is 0.642. The van der Waals surface area contributed by atoms with E-state index in [0.717, 1.165) is 11.8 Å². The first-order chi connectivity index (χ1) is 8.83. The van der Waals surface area contributed by atoms with Crippen LogP contribution < -0.4 is 0 Å². The standard InChI is InChI=1S/C16H32N2/c1-3-17(4-2)11-7-8-12-18-13-15-9-5-6-10-16(15)14-18/h15-16H,3-14H2,1-2H3. The molecule has 0 aromatic heterocycles. The van der Waals surface area contributed by atoms with Gasteiger partial charge in [-0.1, -0.05) is 26.7 Å². The van der Waals surface area contributed by atoms with E-state index in [1.165, 1.54) is 77.8 Å². The highest BCUT2D eigenvalue weighted by atomic mass is 15.2. The molecule has 2 nitrogen and oxygen atoms in total. The van der Waals surface area contributed by atoms with Gasteiger partial charge in [-0.3, -0.25) is 0 Å². The lowest BCUT2D eigenvalue weighted by Gasteiger charge is -2.23. The molecule has 2 aliphatic rings. The van der Waals surface area contributed by atoms with Crippen molar-refractivity contribution in [1.29, 1.82) is 0 Å². The Morgan fingerprint density at radius 2 is 1.56 bits per heavy atom. The molecule has 18 heavy (non-hydrogen) atoms. The Morgan fingerprint density at radius 1 is 0.944 bits per heavy atom. The Kier molecular flexibility index (Phi) is 5.97. The fraction of sp³-hybridized carbons (Fsp3) is 1.00. The molecular formula is C16H32N2. The normalized spacial score (nSPS) is 28.8. The average molecular weight is 252 g/mol. The molecule has 1 saturated carbocycles. The van der Waals surface area contributed by atoms with Gasteiger partial charge in [0.2, 0.25) is 0 Å². The summed E-state index contributed by atoms with van der Waals surface area (Å²) in [6.45, 7) is 12.5. The summed E-state index contributed by atoms with van der Waals surface area (Å²) in [7, 11) is 0. The van der Waals surface area contributed by atoms with Gasteiger partial charge in [-0.05, 0) is 63.7 Å². The molecule has 2 rings (SSSR count). The molecule has 0 spiro atoms. The minimum Gasteiger partial charge on any atom is -0.304 e. The van der Waals surface area contributed by atoms with Crippen molar-refractivity contribution in [3.8, 4) is 0 Å². The zero-order chi connectivity index (χ0) is 12.8. The maximum Gasteiger partial charge on any atom is 0.00129 e. The number of hydrogen-bond acceptors (Lipinski definition) is 2. The van der Waals surface area contributed by atoms with Crippen LogP contribution in [-0.2, 0) is 0 Å². The molecule has 2 atom stereocenters. The van der Waals surface area contributed by atoms with E-state index in [4.69, 9.17) is 0 Å². The predicted molar refractivity (Wildman–Crippen MR) is 78.9 cm³/mol. The third-order valence-corrected chi connectivity index (χ3v) is 5.15. The molecule has 0 radical (unpaired) electrons. The van der Waals surface area contributed by atoms with Crippen LogP contribution in [0, 0.1) is 11.8 Å². The highest BCUT2D eigenvalue weighted by Gasteiger charge is 2.33. The van der Waals surface area contributed by atoms with Crippen LogP contribution in [0.3, 0.4) is 0 Å². The average Bonchev–Trinajstić information content (AvgIpc) is 2.81. The summed E-state index contributed by atoms with van der Waals surface area (Å²) in [4.78, 5) is 5.30. The summed E-state index contributed by atoms with van der Waals surface area (Å²) in [6, 6.07) is 0. The number of hydrogen-bond donors (Lipinski definition) is 0. The molecule has 1 saturated heterocycles. The van der Waals surface area contributed by atoms with E-state index in [2.05, 4.69) is 23.6 Å². The van der Waals surface area contributed by atoms with Crippen molar-refractivity contribution >= 4 is 0 Å². The maximum absolute atomic E-state index is 2.75. The molecule has 2 fully saturated rings. The van der Waals surface area contributed by atoms with E-state index in [-0.39, 0.29) is 0 Å². The van der Waals surface area contributed by atoms with Gasteiger partial charge in [-0.2, -0.15) is 0 Å². The van der Waals surface area contributed by atoms with Gasteiger partial charge in [-0.15, -0.1) is 0 Å². The summed E-state index contributed by atoms with van der Waals surface area (Å²) in [5, 5.41) is 0. The van der Waals surface area contributed by atoms with E-state index in [1.807, 2.05) is 0 Å². The summed E-state index contributed by atoms with van der Waals surface area (Å²) >= 11 is 0. The van der Waals surface area contributed by atoms with Crippen molar-refractivity contribution in [3.05, 3.63) is 0 Å². The van der Waals surface area contributed by atoms with Crippen molar-refractivity contribution < 1.29 is 0 Å². The van der Waals surface area contributed by atoms with Gasteiger partial charge in [0.05, 0.1) is 0 Å². The summed E-state index contributed by atoms with van der Waals surface area (Å²) < 4.78 is 0. The van der Waals surface area contributed by atoms with Crippen LogP contribution in [-0.4, -0.2) is 49.1 Å². The fourth-order valence-corrected chi connectivity index (χ4v) is 3.90. The van der Waals surface area contributed by atoms with Crippen molar-refractivity contribution in [1.82, 2.24) is 9.80 Å². The highest BCUT2D eigenvalue weighted by Crippen LogP contribution is 2.35. The zero-order valence-electron chi connectivity index (χ0n) is 12.5. The second kappa shape index (κ2) is 7.49. The minimum absolute atomic E-state index is 1.06. The number of fused-ring (bicyclic) bond motifs is 1. The van der Waals surface area contributed by atoms with Gasteiger partial charge >= 0.3 is 0 Å². The topological polar surface area (TPSA) is 6.48 Å². The summed E-state index contributed by atoms with van der Waals surface area (Å²) in [6.07, 6.45) is 8.80. The SMILES string of the molecule is CCN(CC)CCCCN1CC2CCCCC2C1.